The highest BCUT2D eigenvalue weighted by Crippen LogP contribution is 2.23. The molecular weight excluding hydrogens is 307 g/mol. The molecule has 0 aliphatic heterocycles. The highest BCUT2D eigenvalue weighted by atomic mass is 32.2. The summed E-state index contributed by atoms with van der Waals surface area (Å²) in [7, 11) is -3.22. The summed E-state index contributed by atoms with van der Waals surface area (Å²) in [5.74, 6) is -0.302. The smallest absolute Gasteiger partial charge is 0.406 e. The Hall–Kier alpha value is -1.28. The molecule has 0 saturated heterocycles. The first-order valence-corrected chi connectivity index (χ1v) is 8.05. The van der Waals surface area contributed by atoms with Crippen molar-refractivity contribution in [1.82, 2.24) is 5.32 Å². The van der Waals surface area contributed by atoms with E-state index in [4.69, 9.17) is 0 Å². The summed E-state index contributed by atoms with van der Waals surface area (Å²) in [5, 5.41) is 2.92. The molecule has 1 N–H and O–H groups in total. The Kier molecular flexibility index (Phi) is 5.27. The van der Waals surface area contributed by atoms with E-state index in [2.05, 4.69) is 10.1 Å². The number of sulfone groups is 1. The molecule has 120 valence electrons. The minimum Gasteiger partial charge on any atom is -0.406 e. The van der Waals surface area contributed by atoms with Crippen LogP contribution in [0.25, 0.3) is 0 Å². The van der Waals surface area contributed by atoms with Crippen molar-refractivity contribution in [1.29, 1.82) is 0 Å². The van der Waals surface area contributed by atoms with Crippen LogP contribution in [0.2, 0.25) is 0 Å². The molecule has 0 aliphatic rings. The number of hydrogen-bond donors (Lipinski definition) is 1. The third-order valence-corrected chi connectivity index (χ3v) is 5.17. The highest BCUT2D eigenvalue weighted by Gasteiger charge is 2.31. The van der Waals surface area contributed by atoms with E-state index >= 15 is 0 Å². The molecule has 0 amide bonds. The van der Waals surface area contributed by atoms with Crippen LogP contribution in [0.1, 0.15) is 19.4 Å². The van der Waals surface area contributed by atoms with E-state index in [1.54, 1.807) is 19.9 Å². The second-order valence-electron chi connectivity index (χ2n) is 5.33. The van der Waals surface area contributed by atoms with Crippen molar-refractivity contribution in [3.05, 3.63) is 29.8 Å². The minimum atomic E-state index is -4.73. The molecule has 0 bridgehead atoms. The average molecular weight is 325 g/mol. The van der Waals surface area contributed by atoms with Crippen LogP contribution in [0.5, 0.6) is 5.75 Å². The van der Waals surface area contributed by atoms with E-state index in [0.29, 0.717) is 5.56 Å². The maximum Gasteiger partial charge on any atom is 0.573 e. The zero-order valence-electron chi connectivity index (χ0n) is 12.0. The van der Waals surface area contributed by atoms with Crippen LogP contribution < -0.4 is 10.1 Å². The Bertz CT molecular complexity index is 583. The zero-order chi connectivity index (χ0) is 16.3. The SMILES string of the molecule is CC(C)(CNCc1cccc(OC(F)(F)F)c1)S(C)(=O)=O. The van der Waals surface area contributed by atoms with Gasteiger partial charge in [0.25, 0.3) is 0 Å². The van der Waals surface area contributed by atoms with Gasteiger partial charge in [0.05, 0.1) is 4.75 Å². The van der Waals surface area contributed by atoms with Gasteiger partial charge in [0, 0.05) is 19.3 Å². The number of rotatable bonds is 6. The number of hydrogen-bond acceptors (Lipinski definition) is 4. The van der Waals surface area contributed by atoms with Crippen LogP contribution in [-0.2, 0) is 16.4 Å². The fraction of sp³-hybridized carbons (Fsp3) is 0.538. The van der Waals surface area contributed by atoms with Crippen molar-refractivity contribution in [2.75, 3.05) is 12.8 Å². The molecule has 1 aromatic carbocycles. The van der Waals surface area contributed by atoms with Crippen LogP contribution in [0.3, 0.4) is 0 Å². The van der Waals surface area contributed by atoms with Crippen molar-refractivity contribution in [2.24, 2.45) is 0 Å². The highest BCUT2D eigenvalue weighted by molar-refractivity contribution is 7.92. The van der Waals surface area contributed by atoms with Crippen LogP contribution in [0, 0.1) is 0 Å². The predicted molar refractivity (Wildman–Crippen MR) is 73.8 cm³/mol. The fourth-order valence-electron chi connectivity index (χ4n) is 1.49. The van der Waals surface area contributed by atoms with Gasteiger partial charge in [-0.25, -0.2) is 8.42 Å². The lowest BCUT2D eigenvalue weighted by molar-refractivity contribution is -0.274. The third kappa shape index (κ3) is 5.92. The third-order valence-electron chi connectivity index (χ3n) is 3.02. The molecule has 4 nitrogen and oxygen atoms in total. The lowest BCUT2D eigenvalue weighted by Gasteiger charge is -2.22. The van der Waals surface area contributed by atoms with Gasteiger partial charge in [0.2, 0.25) is 0 Å². The maximum atomic E-state index is 12.1. The lowest BCUT2D eigenvalue weighted by atomic mass is 10.2. The maximum absolute atomic E-state index is 12.1. The normalized spacial score (nSPS) is 13.2. The zero-order valence-corrected chi connectivity index (χ0v) is 12.8. The first kappa shape index (κ1) is 17.8. The first-order chi connectivity index (χ1) is 9.41. The van der Waals surface area contributed by atoms with Gasteiger partial charge in [0.15, 0.2) is 9.84 Å². The molecule has 0 unspecified atom stereocenters. The molecular formula is C13H18F3NO3S. The number of nitrogens with one attached hydrogen (secondary N) is 1. The standard InChI is InChI=1S/C13H18F3NO3S/c1-12(2,21(3,18)19)9-17-8-10-5-4-6-11(7-10)20-13(14,15)16/h4-7,17H,8-9H2,1-3H3. The number of benzene rings is 1. The topological polar surface area (TPSA) is 55.4 Å². The number of ether oxygens (including phenoxy) is 1. The molecule has 1 aromatic rings. The second-order valence-corrected chi connectivity index (χ2v) is 7.98. The van der Waals surface area contributed by atoms with Crippen molar-refractivity contribution in [3.63, 3.8) is 0 Å². The van der Waals surface area contributed by atoms with Gasteiger partial charge >= 0.3 is 6.36 Å². The molecule has 21 heavy (non-hydrogen) atoms. The predicted octanol–water partition coefficient (Wildman–Crippen LogP) is 2.50. The molecule has 8 heteroatoms. The Labute approximate surface area is 122 Å². The summed E-state index contributed by atoms with van der Waals surface area (Å²) in [6.07, 6.45) is -3.59. The van der Waals surface area contributed by atoms with Crippen molar-refractivity contribution >= 4 is 9.84 Å². The van der Waals surface area contributed by atoms with Gasteiger partial charge in [-0.2, -0.15) is 0 Å². The number of alkyl halides is 3. The van der Waals surface area contributed by atoms with Crippen molar-refractivity contribution in [2.45, 2.75) is 31.5 Å². The Balaban J connectivity index is 2.63. The first-order valence-electron chi connectivity index (χ1n) is 6.16. The van der Waals surface area contributed by atoms with Gasteiger partial charge in [-0.05, 0) is 31.5 Å². The monoisotopic (exact) mass is 325 g/mol. The van der Waals surface area contributed by atoms with Crippen molar-refractivity contribution in [3.8, 4) is 5.75 Å². The van der Waals surface area contributed by atoms with Crippen molar-refractivity contribution < 1.29 is 26.3 Å². The van der Waals surface area contributed by atoms with E-state index in [9.17, 15) is 21.6 Å². The molecule has 0 aliphatic carbocycles. The molecule has 0 aromatic heterocycles. The largest absolute Gasteiger partial charge is 0.573 e. The molecule has 0 fully saturated rings. The summed E-state index contributed by atoms with van der Waals surface area (Å²) in [6.45, 7) is 3.60. The van der Waals surface area contributed by atoms with Gasteiger partial charge in [0.1, 0.15) is 5.75 Å². The summed E-state index contributed by atoms with van der Waals surface area (Å²) >= 11 is 0. The van der Waals surface area contributed by atoms with Crippen LogP contribution >= 0.6 is 0 Å². The molecule has 0 radical (unpaired) electrons. The quantitative estimate of drug-likeness (QED) is 0.873. The average Bonchev–Trinajstić information content (AvgIpc) is 2.25. The van der Waals surface area contributed by atoms with E-state index in [1.165, 1.54) is 18.2 Å². The number of halogens is 3. The molecule has 0 spiro atoms. The van der Waals surface area contributed by atoms with Gasteiger partial charge in [-0.3, -0.25) is 0 Å². The Morgan fingerprint density at radius 1 is 1.24 bits per heavy atom. The second kappa shape index (κ2) is 6.23. The molecule has 0 atom stereocenters. The van der Waals surface area contributed by atoms with Crippen LogP contribution in [0.15, 0.2) is 24.3 Å². The summed E-state index contributed by atoms with van der Waals surface area (Å²) in [6, 6.07) is 5.54. The van der Waals surface area contributed by atoms with E-state index in [0.717, 1.165) is 6.26 Å². The summed E-state index contributed by atoms with van der Waals surface area (Å²) in [4.78, 5) is 0. The van der Waals surface area contributed by atoms with E-state index in [-0.39, 0.29) is 18.8 Å². The lowest BCUT2D eigenvalue weighted by Crippen LogP contribution is -2.41. The van der Waals surface area contributed by atoms with Gasteiger partial charge < -0.3 is 10.1 Å². The summed E-state index contributed by atoms with van der Waals surface area (Å²) in [5.41, 5.74) is 0.570. The van der Waals surface area contributed by atoms with Crippen LogP contribution in [0.4, 0.5) is 13.2 Å². The summed E-state index contributed by atoms with van der Waals surface area (Å²) < 4.78 is 62.2. The van der Waals surface area contributed by atoms with Gasteiger partial charge in [-0.1, -0.05) is 12.1 Å². The Morgan fingerprint density at radius 3 is 2.38 bits per heavy atom. The molecule has 1 rings (SSSR count). The van der Waals surface area contributed by atoms with Gasteiger partial charge in [-0.15, -0.1) is 13.2 Å². The fourth-order valence-corrected chi connectivity index (χ4v) is 1.86. The molecule has 0 heterocycles. The molecule has 0 saturated carbocycles. The minimum absolute atomic E-state index is 0.191. The van der Waals surface area contributed by atoms with Crippen LogP contribution in [-0.4, -0.2) is 32.3 Å². The van der Waals surface area contributed by atoms with E-state index < -0.39 is 20.9 Å². The Morgan fingerprint density at radius 2 is 1.86 bits per heavy atom. The van der Waals surface area contributed by atoms with E-state index in [1.807, 2.05) is 0 Å².